The van der Waals surface area contributed by atoms with Crippen molar-refractivity contribution in [2.45, 2.75) is 16.1 Å². The first kappa shape index (κ1) is 22.1. The molecule has 0 amide bonds. The molecule has 0 bridgehead atoms. The normalized spacial score (nSPS) is 15.0. The lowest BCUT2D eigenvalue weighted by atomic mass is 10.2. The quantitative estimate of drug-likeness (QED) is 0.519. The number of rotatable bonds is 3. The number of piperazine rings is 1. The van der Waals surface area contributed by atoms with Crippen LogP contribution in [-0.4, -0.2) is 54.4 Å². The predicted molar refractivity (Wildman–Crippen MR) is 116 cm³/mol. The van der Waals surface area contributed by atoms with E-state index in [-0.39, 0.29) is 0 Å². The minimum Gasteiger partial charge on any atom is -0.505 e. The molecule has 1 saturated heterocycles. The summed E-state index contributed by atoms with van der Waals surface area (Å²) in [5, 5.41) is 10.1. The van der Waals surface area contributed by atoms with E-state index in [0.29, 0.717) is 0 Å². The first-order chi connectivity index (χ1) is 14.2. The molecule has 2 aromatic carbocycles. The summed E-state index contributed by atoms with van der Waals surface area (Å²) in [5.41, 5.74) is 2.58. The molecule has 0 unspecified atom stereocenters. The predicted octanol–water partition coefficient (Wildman–Crippen LogP) is 5.69. The van der Waals surface area contributed by atoms with Gasteiger partial charge in [0.15, 0.2) is 5.76 Å². The summed E-state index contributed by atoms with van der Waals surface area (Å²) in [6.45, 7) is 6.72. The highest BCUT2D eigenvalue weighted by Gasteiger charge is 2.31. The number of aliphatic hydroxyl groups is 1. The van der Waals surface area contributed by atoms with Gasteiger partial charge in [-0.2, -0.15) is 13.2 Å². The Balaban J connectivity index is 0.000000318. The van der Waals surface area contributed by atoms with E-state index in [1.807, 2.05) is 0 Å². The second-order valence-corrected chi connectivity index (χ2v) is 8.14. The van der Waals surface area contributed by atoms with Crippen LogP contribution in [0, 0.1) is 0 Å². The summed E-state index contributed by atoms with van der Waals surface area (Å²) in [5.74, 6) is -1.76. The molecule has 1 aromatic heterocycles. The van der Waals surface area contributed by atoms with Crippen LogP contribution in [0.2, 0.25) is 0 Å². The van der Waals surface area contributed by atoms with Gasteiger partial charge >= 0.3 is 6.18 Å². The zero-order valence-electron chi connectivity index (χ0n) is 16.6. The van der Waals surface area contributed by atoms with Crippen molar-refractivity contribution in [1.82, 2.24) is 9.88 Å². The van der Waals surface area contributed by atoms with Crippen LogP contribution in [0.4, 0.5) is 18.9 Å². The van der Waals surface area contributed by atoms with Gasteiger partial charge in [-0.05, 0) is 37.4 Å². The highest BCUT2D eigenvalue weighted by molar-refractivity contribution is 7.99. The summed E-state index contributed by atoms with van der Waals surface area (Å²) >= 11 is 1.79. The van der Waals surface area contributed by atoms with Gasteiger partial charge in [0.1, 0.15) is 0 Å². The monoisotopic (exact) mass is 435 g/mol. The van der Waals surface area contributed by atoms with E-state index in [4.69, 9.17) is 5.11 Å². The number of benzene rings is 2. The number of aromatic amines is 1. The lowest BCUT2D eigenvalue weighted by Crippen LogP contribution is -2.44. The molecular formula is C22H24F3N3OS. The van der Waals surface area contributed by atoms with E-state index in [0.717, 1.165) is 26.2 Å². The van der Waals surface area contributed by atoms with Gasteiger partial charge in [0.05, 0.1) is 5.03 Å². The van der Waals surface area contributed by atoms with Crippen molar-refractivity contribution < 1.29 is 18.3 Å². The minimum atomic E-state index is -4.64. The van der Waals surface area contributed by atoms with Crippen molar-refractivity contribution in [2.24, 2.45) is 0 Å². The number of hydrogen-bond acceptors (Lipinski definition) is 4. The van der Waals surface area contributed by atoms with Crippen molar-refractivity contribution in [3.05, 3.63) is 66.9 Å². The third-order valence-electron chi connectivity index (χ3n) is 4.76. The molecule has 4 nitrogen and oxygen atoms in total. The Morgan fingerprint density at radius 2 is 1.67 bits per heavy atom. The van der Waals surface area contributed by atoms with Gasteiger partial charge in [0.2, 0.25) is 0 Å². The van der Waals surface area contributed by atoms with Crippen molar-refractivity contribution in [1.29, 1.82) is 0 Å². The van der Waals surface area contributed by atoms with E-state index >= 15 is 0 Å². The number of halogens is 3. The number of H-pyrrole nitrogens is 1. The van der Waals surface area contributed by atoms with E-state index in [9.17, 15) is 13.2 Å². The second kappa shape index (κ2) is 9.49. The molecule has 1 aliphatic rings. The number of allylic oxidation sites excluding steroid dienone is 1. The van der Waals surface area contributed by atoms with Crippen molar-refractivity contribution in [3.8, 4) is 0 Å². The van der Waals surface area contributed by atoms with Gasteiger partial charge in [-0.15, -0.1) is 0 Å². The van der Waals surface area contributed by atoms with Gasteiger partial charge < -0.3 is 19.9 Å². The maximum absolute atomic E-state index is 10.8. The third-order valence-corrected chi connectivity index (χ3v) is 5.71. The molecule has 8 heteroatoms. The lowest BCUT2D eigenvalue weighted by Gasteiger charge is -2.34. The molecule has 160 valence electrons. The number of alkyl halides is 3. The van der Waals surface area contributed by atoms with Crippen molar-refractivity contribution in [3.63, 3.8) is 0 Å². The smallest absolute Gasteiger partial charge is 0.448 e. The standard InChI is InChI=1S/C19H21N3S.C3H3F3O/c1-21-10-12-22(13-11-21)18-9-5-8-17-16(18)14-19(20-17)23-15-6-3-2-4-7-15;1-2(7)3(4,5)6/h2-9,14,20H,10-13H2,1H3;7H,1H2. The molecule has 2 N–H and O–H groups in total. The van der Waals surface area contributed by atoms with E-state index in [1.165, 1.54) is 26.5 Å². The fourth-order valence-electron chi connectivity index (χ4n) is 3.11. The summed E-state index contributed by atoms with van der Waals surface area (Å²) in [7, 11) is 2.20. The molecule has 1 fully saturated rings. The number of anilines is 1. The van der Waals surface area contributed by atoms with Crippen LogP contribution >= 0.6 is 11.8 Å². The summed E-state index contributed by atoms with van der Waals surface area (Å²) < 4.78 is 32.5. The number of likely N-dealkylation sites (N-methyl/N-ethyl adjacent to an activating group) is 1. The van der Waals surface area contributed by atoms with Crippen LogP contribution in [-0.2, 0) is 0 Å². The fourth-order valence-corrected chi connectivity index (χ4v) is 3.99. The molecule has 4 rings (SSSR count). The summed E-state index contributed by atoms with van der Waals surface area (Å²) in [6, 6.07) is 19.4. The lowest BCUT2D eigenvalue weighted by molar-refractivity contribution is -0.119. The molecule has 1 aliphatic heterocycles. The van der Waals surface area contributed by atoms with Crippen LogP contribution in [0.15, 0.2) is 76.9 Å². The van der Waals surface area contributed by atoms with Crippen molar-refractivity contribution >= 4 is 28.4 Å². The van der Waals surface area contributed by atoms with Crippen LogP contribution < -0.4 is 4.90 Å². The van der Waals surface area contributed by atoms with Crippen LogP contribution in [0.3, 0.4) is 0 Å². The number of aromatic nitrogens is 1. The highest BCUT2D eigenvalue weighted by atomic mass is 32.2. The topological polar surface area (TPSA) is 42.5 Å². The Labute approximate surface area is 178 Å². The number of aliphatic hydroxyl groups excluding tert-OH is 1. The molecule has 0 saturated carbocycles. The van der Waals surface area contributed by atoms with Gasteiger partial charge in [-0.1, -0.05) is 42.6 Å². The SMILES string of the molecule is C=C(O)C(F)(F)F.CN1CCN(c2cccc3[nH]c(Sc4ccccc4)cc23)CC1. The fraction of sp³-hybridized carbons (Fsp3) is 0.273. The first-order valence-electron chi connectivity index (χ1n) is 9.47. The van der Waals surface area contributed by atoms with Gasteiger partial charge in [-0.25, -0.2) is 0 Å². The molecular weight excluding hydrogens is 411 g/mol. The zero-order valence-corrected chi connectivity index (χ0v) is 17.4. The Kier molecular flexibility index (Phi) is 6.99. The minimum absolute atomic E-state index is 1.10. The van der Waals surface area contributed by atoms with Gasteiger partial charge in [0, 0.05) is 47.7 Å². The van der Waals surface area contributed by atoms with E-state index in [1.54, 1.807) is 11.8 Å². The maximum Gasteiger partial charge on any atom is 0.448 e. The summed E-state index contributed by atoms with van der Waals surface area (Å²) in [6.07, 6.45) is -4.64. The number of nitrogens with zero attached hydrogens (tertiary/aromatic N) is 2. The Morgan fingerprint density at radius 1 is 1.03 bits per heavy atom. The number of hydrogen-bond donors (Lipinski definition) is 2. The van der Waals surface area contributed by atoms with Gasteiger partial charge in [-0.3, -0.25) is 0 Å². The molecule has 0 atom stereocenters. The molecule has 2 heterocycles. The molecule has 3 aromatic rings. The van der Waals surface area contributed by atoms with E-state index < -0.39 is 11.9 Å². The largest absolute Gasteiger partial charge is 0.505 e. The highest BCUT2D eigenvalue weighted by Crippen LogP contribution is 2.34. The molecule has 0 spiro atoms. The maximum atomic E-state index is 10.8. The average Bonchev–Trinajstić information content (AvgIpc) is 3.11. The number of nitrogens with one attached hydrogen (secondary N) is 1. The molecule has 30 heavy (non-hydrogen) atoms. The zero-order chi connectivity index (χ0) is 21.7. The Hall–Kier alpha value is -2.58. The molecule has 0 aliphatic carbocycles. The van der Waals surface area contributed by atoms with Gasteiger partial charge in [0.25, 0.3) is 0 Å². The third kappa shape index (κ3) is 5.73. The van der Waals surface area contributed by atoms with Crippen LogP contribution in [0.5, 0.6) is 0 Å². The van der Waals surface area contributed by atoms with Crippen molar-refractivity contribution in [2.75, 3.05) is 38.1 Å². The van der Waals surface area contributed by atoms with Crippen LogP contribution in [0.25, 0.3) is 10.9 Å². The average molecular weight is 436 g/mol. The van der Waals surface area contributed by atoms with Crippen LogP contribution in [0.1, 0.15) is 0 Å². The second-order valence-electron chi connectivity index (χ2n) is 7.02. The summed E-state index contributed by atoms with van der Waals surface area (Å²) in [4.78, 5) is 9.72. The first-order valence-corrected chi connectivity index (χ1v) is 10.3. The number of fused-ring (bicyclic) bond motifs is 1. The Morgan fingerprint density at radius 3 is 2.27 bits per heavy atom. The Bertz CT molecular complexity index is 980. The molecule has 0 radical (unpaired) electrons. The van der Waals surface area contributed by atoms with E-state index in [2.05, 4.69) is 83.0 Å².